The number of fused-ring (bicyclic) bond motifs is 3. The fourth-order valence-corrected chi connectivity index (χ4v) is 4.19. The third-order valence-corrected chi connectivity index (χ3v) is 5.94. The van der Waals surface area contributed by atoms with Gasteiger partial charge >= 0.3 is 0 Å². The Labute approximate surface area is 199 Å². The Morgan fingerprint density at radius 1 is 1.26 bits per heavy atom. The minimum atomic E-state index is -0.0741. The molecular formula is C24H32N8O2. The minimum absolute atomic E-state index is 0.0741. The molecule has 0 unspecified atom stereocenters. The van der Waals surface area contributed by atoms with Crippen molar-refractivity contribution in [3.63, 3.8) is 0 Å². The maximum absolute atomic E-state index is 9.13. The topological polar surface area (TPSA) is 140 Å². The van der Waals surface area contributed by atoms with E-state index in [1.165, 1.54) is 12.5 Å². The third kappa shape index (κ3) is 5.35. The number of imidazole rings is 1. The SMILES string of the molecule is CN1CCC(N=C(C=CN)c2ccc3c(c2)OCCn2cc(C(N=CN)=NCCO)nc2-3)CC1. The molecule has 34 heavy (non-hydrogen) atoms. The lowest BCUT2D eigenvalue weighted by atomic mass is 10.0. The molecule has 0 spiro atoms. The first-order valence-corrected chi connectivity index (χ1v) is 11.5. The van der Waals surface area contributed by atoms with Gasteiger partial charge in [0.1, 0.15) is 23.9 Å². The van der Waals surface area contributed by atoms with Gasteiger partial charge in [-0.25, -0.2) is 9.98 Å². The number of allylic oxidation sites excluding steroid dienone is 1. The number of amidine groups is 1. The van der Waals surface area contributed by atoms with E-state index < -0.39 is 0 Å². The van der Waals surface area contributed by atoms with Gasteiger partial charge in [0.15, 0.2) is 5.84 Å². The summed E-state index contributed by atoms with van der Waals surface area (Å²) in [5, 5.41) is 9.13. The Kier molecular flexibility index (Phi) is 7.71. The number of nitrogens with two attached hydrogens (primary N) is 2. The molecule has 2 aliphatic heterocycles. The molecule has 3 heterocycles. The van der Waals surface area contributed by atoms with Gasteiger partial charge in [-0.15, -0.1) is 0 Å². The van der Waals surface area contributed by atoms with Crippen LogP contribution in [0.3, 0.4) is 0 Å². The Bertz CT molecular complexity index is 1110. The van der Waals surface area contributed by atoms with E-state index in [1.54, 1.807) is 0 Å². The van der Waals surface area contributed by atoms with Crippen molar-refractivity contribution in [3.05, 3.63) is 47.9 Å². The van der Waals surface area contributed by atoms with Crippen LogP contribution in [0.5, 0.6) is 5.75 Å². The first-order chi connectivity index (χ1) is 16.6. The van der Waals surface area contributed by atoms with E-state index in [1.807, 2.05) is 35.0 Å². The van der Waals surface area contributed by atoms with Crippen LogP contribution in [-0.4, -0.2) is 83.4 Å². The zero-order valence-corrected chi connectivity index (χ0v) is 19.5. The zero-order chi connectivity index (χ0) is 23.9. The van der Waals surface area contributed by atoms with E-state index in [0.29, 0.717) is 24.7 Å². The average Bonchev–Trinajstić information content (AvgIpc) is 3.19. The summed E-state index contributed by atoms with van der Waals surface area (Å²) in [7, 11) is 2.14. The number of rotatable bonds is 6. The van der Waals surface area contributed by atoms with Gasteiger partial charge in [0.25, 0.3) is 0 Å². The fourth-order valence-electron chi connectivity index (χ4n) is 4.19. The van der Waals surface area contributed by atoms with E-state index in [4.69, 9.17) is 31.3 Å². The maximum Gasteiger partial charge on any atom is 0.176 e. The van der Waals surface area contributed by atoms with Crippen LogP contribution in [0.15, 0.2) is 51.6 Å². The number of aliphatic hydroxyl groups is 1. The summed E-state index contributed by atoms with van der Waals surface area (Å²) in [5.74, 6) is 1.89. The van der Waals surface area contributed by atoms with Gasteiger partial charge in [-0.2, -0.15) is 0 Å². The van der Waals surface area contributed by atoms with E-state index in [2.05, 4.69) is 21.9 Å². The number of piperidine rings is 1. The van der Waals surface area contributed by atoms with Gasteiger partial charge in [-0.05, 0) is 57.4 Å². The van der Waals surface area contributed by atoms with Crippen molar-refractivity contribution in [3.8, 4) is 17.1 Å². The van der Waals surface area contributed by atoms with Crippen molar-refractivity contribution in [2.24, 2.45) is 26.4 Å². The highest BCUT2D eigenvalue weighted by molar-refractivity contribution is 6.09. The van der Waals surface area contributed by atoms with Crippen molar-refractivity contribution in [1.29, 1.82) is 0 Å². The maximum atomic E-state index is 9.13. The van der Waals surface area contributed by atoms with E-state index in [9.17, 15) is 0 Å². The van der Waals surface area contributed by atoms with E-state index >= 15 is 0 Å². The molecule has 10 heteroatoms. The molecule has 1 saturated heterocycles. The highest BCUT2D eigenvalue weighted by Crippen LogP contribution is 2.33. The lowest BCUT2D eigenvalue weighted by Crippen LogP contribution is -2.32. The summed E-state index contributed by atoms with van der Waals surface area (Å²) in [6, 6.07) is 6.32. The molecular weight excluding hydrogens is 432 g/mol. The first kappa shape index (κ1) is 23.7. The molecule has 0 amide bonds. The van der Waals surface area contributed by atoms with Gasteiger partial charge in [-0.3, -0.25) is 9.98 Å². The van der Waals surface area contributed by atoms with Gasteiger partial charge in [0.2, 0.25) is 0 Å². The van der Waals surface area contributed by atoms with Gasteiger partial charge in [0.05, 0.1) is 43.4 Å². The highest BCUT2D eigenvalue weighted by atomic mass is 16.5. The second kappa shape index (κ2) is 11.1. The molecule has 0 atom stereocenters. The molecule has 2 aliphatic rings. The summed E-state index contributed by atoms with van der Waals surface area (Å²) in [6.07, 6.45) is 8.52. The van der Waals surface area contributed by atoms with Crippen LogP contribution in [0.4, 0.5) is 0 Å². The number of hydrogen-bond donors (Lipinski definition) is 3. The van der Waals surface area contributed by atoms with Crippen molar-refractivity contribution in [2.45, 2.75) is 25.4 Å². The van der Waals surface area contributed by atoms with Gasteiger partial charge in [-0.1, -0.05) is 6.07 Å². The number of aromatic nitrogens is 2. The highest BCUT2D eigenvalue weighted by Gasteiger charge is 2.22. The van der Waals surface area contributed by atoms with Crippen LogP contribution in [0.2, 0.25) is 0 Å². The first-order valence-electron chi connectivity index (χ1n) is 11.5. The molecule has 4 rings (SSSR count). The summed E-state index contributed by atoms with van der Waals surface area (Å²) < 4.78 is 8.11. The normalized spacial score (nSPS) is 18.2. The molecule has 180 valence electrons. The number of aliphatic hydroxyl groups excluding tert-OH is 1. The third-order valence-electron chi connectivity index (χ3n) is 5.94. The van der Waals surface area contributed by atoms with Crippen LogP contribution in [-0.2, 0) is 6.54 Å². The quantitative estimate of drug-likeness (QED) is 0.431. The number of aliphatic imine (C=N–C) groups is 3. The molecule has 0 saturated carbocycles. The Morgan fingerprint density at radius 2 is 2.09 bits per heavy atom. The van der Waals surface area contributed by atoms with E-state index in [0.717, 1.165) is 54.3 Å². The minimum Gasteiger partial charge on any atom is -0.491 e. The smallest absolute Gasteiger partial charge is 0.176 e. The number of hydrogen-bond acceptors (Lipinski definition) is 7. The predicted molar refractivity (Wildman–Crippen MR) is 135 cm³/mol. The molecule has 1 fully saturated rings. The molecule has 10 nitrogen and oxygen atoms in total. The fraction of sp³-hybridized carbons (Fsp3) is 0.417. The summed E-state index contributed by atoms with van der Waals surface area (Å²) in [6.45, 7) is 3.37. The van der Waals surface area contributed by atoms with Crippen molar-refractivity contribution in [1.82, 2.24) is 14.5 Å². The lowest BCUT2D eigenvalue weighted by Gasteiger charge is -2.27. The Balaban J connectivity index is 1.68. The largest absolute Gasteiger partial charge is 0.491 e. The molecule has 0 bridgehead atoms. The van der Waals surface area contributed by atoms with Gasteiger partial charge in [0, 0.05) is 11.8 Å². The summed E-state index contributed by atoms with van der Waals surface area (Å²) >= 11 is 0. The van der Waals surface area contributed by atoms with Crippen molar-refractivity contribution >= 4 is 17.9 Å². The summed E-state index contributed by atoms with van der Waals surface area (Å²) in [5.41, 5.74) is 14.5. The molecule has 5 N–H and O–H groups in total. The molecule has 0 radical (unpaired) electrons. The molecule has 1 aromatic carbocycles. The standard InChI is InChI=1S/C24H32N8O2/c1-31-9-5-18(6-10-31)29-20(4-7-25)17-2-3-19-22(14-17)34-13-11-32-15-21(30-24(19)32)23(28-16-26)27-8-12-33/h2-4,7,14-16,18,33H,5-6,8-13,25H2,1H3,(H2,26,27,28). The lowest BCUT2D eigenvalue weighted by molar-refractivity contribution is 0.257. The second-order valence-corrected chi connectivity index (χ2v) is 8.32. The number of benzene rings is 1. The number of nitrogens with zero attached hydrogens (tertiary/aromatic N) is 6. The van der Waals surface area contributed by atoms with Crippen LogP contribution < -0.4 is 16.2 Å². The Morgan fingerprint density at radius 3 is 2.82 bits per heavy atom. The molecule has 1 aromatic heterocycles. The molecule has 0 aliphatic carbocycles. The zero-order valence-electron chi connectivity index (χ0n) is 19.5. The second-order valence-electron chi connectivity index (χ2n) is 8.32. The number of likely N-dealkylation sites (tertiary alicyclic amines) is 1. The van der Waals surface area contributed by atoms with E-state index in [-0.39, 0.29) is 19.2 Å². The summed E-state index contributed by atoms with van der Waals surface area (Å²) in [4.78, 5) is 20.5. The van der Waals surface area contributed by atoms with Crippen molar-refractivity contribution in [2.75, 3.05) is 39.9 Å². The van der Waals surface area contributed by atoms with Gasteiger partial charge < -0.3 is 30.8 Å². The van der Waals surface area contributed by atoms with Crippen LogP contribution >= 0.6 is 0 Å². The number of ether oxygens (including phenoxy) is 1. The van der Waals surface area contributed by atoms with Crippen LogP contribution in [0.25, 0.3) is 11.4 Å². The average molecular weight is 465 g/mol. The monoisotopic (exact) mass is 464 g/mol. The van der Waals surface area contributed by atoms with Crippen molar-refractivity contribution < 1.29 is 9.84 Å². The molecule has 2 aromatic rings. The Hall–Kier alpha value is -3.50. The predicted octanol–water partition coefficient (Wildman–Crippen LogP) is 1.02. The van der Waals surface area contributed by atoms with Crippen LogP contribution in [0, 0.1) is 0 Å². The van der Waals surface area contributed by atoms with Crippen LogP contribution in [0.1, 0.15) is 24.1 Å².